The molecule has 1 saturated heterocycles. The lowest BCUT2D eigenvalue weighted by Gasteiger charge is -2.29. The Labute approximate surface area is 190 Å². The van der Waals surface area contributed by atoms with Crippen molar-refractivity contribution in [2.24, 2.45) is 4.99 Å². The summed E-state index contributed by atoms with van der Waals surface area (Å²) in [5.74, 6) is 3.31. The summed E-state index contributed by atoms with van der Waals surface area (Å²) in [6, 6.07) is 14.8. The molecule has 0 saturated carbocycles. The third-order valence-corrected chi connectivity index (χ3v) is 6.04. The van der Waals surface area contributed by atoms with Gasteiger partial charge in [-0.15, -0.1) is 0 Å². The van der Waals surface area contributed by atoms with E-state index in [2.05, 4.69) is 38.7 Å². The van der Waals surface area contributed by atoms with Gasteiger partial charge in [-0.2, -0.15) is 0 Å². The fourth-order valence-electron chi connectivity index (χ4n) is 4.25. The first-order valence-corrected chi connectivity index (χ1v) is 11.5. The molecule has 7 heteroatoms. The van der Waals surface area contributed by atoms with Crippen LogP contribution in [0.2, 0.25) is 0 Å². The number of nitrogens with one attached hydrogen (secondary N) is 2. The quantitative estimate of drug-likeness (QED) is 0.510. The highest BCUT2D eigenvalue weighted by Crippen LogP contribution is 2.30. The van der Waals surface area contributed by atoms with Crippen LogP contribution in [0.3, 0.4) is 0 Å². The molecule has 32 heavy (non-hydrogen) atoms. The minimum atomic E-state index is 0.292. The number of fused-ring (bicyclic) bond motifs is 1. The SMILES string of the molecule is CN=C(NCc1ccc2c(c1)OCCCO2)NCC(c1ccc(OC)cc1)N1CCCC1. The van der Waals surface area contributed by atoms with Crippen molar-refractivity contribution in [2.75, 3.05) is 47.0 Å². The van der Waals surface area contributed by atoms with Gasteiger partial charge in [-0.25, -0.2) is 0 Å². The van der Waals surface area contributed by atoms with Gasteiger partial charge in [0, 0.05) is 26.6 Å². The van der Waals surface area contributed by atoms with Gasteiger partial charge < -0.3 is 24.8 Å². The number of hydrogen-bond donors (Lipinski definition) is 2. The molecule has 2 N–H and O–H groups in total. The lowest BCUT2D eigenvalue weighted by Crippen LogP contribution is -2.42. The van der Waals surface area contributed by atoms with Crippen LogP contribution < -0.4 is 24.8 Å². The molecule has 1 unspecified atom stereocenters. The largest absolute Gasteiger partial charge is 0.497 e. The second kappa shape index (κ2) is 11.1. The van der Waals surface area contributed by atoms with Crippen LogP contribution in [0.4, 0.5) is 0 Å². The lowest BCUT2D eigenvalue weighted by molar-refractivity contribution is 0.245. The molecular formula is C25H34N4O3. The Kier molecular flexibility index (Phi) is 7.72. The molecular weight excluding hydrogens is 404 g/mol. The van der Waals surface area contributed by atoms with Crippen molar-refractivity contribution in [3.8, 4) is 17.2 Å². The lowest BCUT2D eigenvalue weighted by atomic mass is 10.1. The van der Waals surface area contributed by atoms with E-state index >= 15 is 0 Å². The number of aliphatic imine (C=N–C) groups is 1. The van der Waals surface area contributed by atoms with E-state index in [9.17, 15) is 0 Å². The fourth-order valence-corrected chi connectivity index (χ4v) is 4.25. The van der Waals surface area contributed by atoms with Crippen LogP contribution in [0.15, 0.2) is 47.5 Å². The molecule has 0 aliphatic carbocycles. The fraction of sp³-hybridized carbons (Fsp3) is 0.480. The summed E-state index contributed by atoms with van der Waals surface area (Å²) in [5, 5.41) is 6.95. The van der Waals surface area contributed by atoms with Gasteiger partial charge in [0.25, 0.3) is 0 Å². The Morgan fingerprint density at radius 2 is 1.75 bits per heavy atom. The highest BCUT2D eigenvalue weighted by atomic mass is 16.5. The van der Waals surface area contributed by atoms with Crippen molar-refractivity contribution < 1.29 is 14.2 Å². The summed E-state index contributed by atoms with van der Waals surface area (Å²) in [6.45, 7) is 5.09. The third-order valence-electron chi connectivity index (χ3n) is 6.04. The van der Waals surface area contributed by atoms with E-state index in [1.54, 1.807) is 7.11 Å². The van der Waals surface area contributed by atoms with E-state index in [1.807, 2.05) is 31.3 Å². The Morgan fingerprint density at radius 3 is 2.47 bits per heavy atom. The summed E-state index contributed by atoms with van der Waals surface area (Å²) < 4.78 is 16.9. The monoisotopic (exact) mass is 438 g/mol. The van der Waals surface area contributed by atoms with Gasteiger partial charge in [-0.3, -0.25) is 9.89 Å². The minimum Gasteiger partial charge on any atom is -0.497 e. The topological polar surface area (TPSA) is 67.4 Å². The summed E-state index contributed by atoms with van der Waals surface area (Å²) in [5.41, 5.74) is 2.42. The van der Waals surface area contributed by atoms with E-state index < -0.39 is 0 Å². The highest BCUT2D eigenvalue weighted by molar-refractivity contribution is 5.79. The predicted molar refractivity (Wildman–Crippen MR) is 127 cm³/mol. The number of likely N-dealkylation sites (tertiary alicyclic amines) is 1. The second-order valence-electron chi connectivity index (χ2n) is 8.17. The van der Waals surface area contributed by atoms with Gasteiger partial charge in [-0.1, -0.05) is 18.2 Å². The summed E-state index contributed by atoms with van der Waals surface area (Å²) in [4.78, 5) is 6.97. The molecule has 2 aromatic carbocycles. The van der Waals surface area contributed by atoms with E-state index in [0.717, 1.165) is 54.8 Å². The average Bonchev–Trinajstić information content (AvgIpc) is 3.26. The van der Waals surface area contributed by atoms with Gasteiger partial charge in [0.05, 0.1) is 26.4 Å². The maximum atomic E-state index is 5.81. The molecule has 2 aromatic rings. The van der Waals surface area contributed by atoms with E-state index in [-0.39, 0.29) is 0 Å². The maximum absolute atomic E-state index is 5.81. The zero-order valence-electron chi connectivity index (χ0n) is 19.1. The Morgan fingerprint density at radius 1 is 1.00 bits per heavy atom. The number of hydrogen-bond acceptors (Lipinski definition) is 5. The van der Waals surface area contributed by atoms with Gasteiger partial charge in [0.15, 0.2) is 17.5 Å². The van der Waals surface area contributed by atoms with Gasteiger partial charge >= 0.3 is 0 Å². The minimum absolute atomic E-state index is 0.292. The average molecular weight is 439 g/mol. The van der Waals surface area contributed by atoms with Crippen molar-refractivity contribution in [2.45, 2.75) is 31.8 Å². The molecule has 0 spiro atoms. The molecule has 0 bridgehead atoms. The normalized spacial score (nSPS) is 17.5. The molecule has 1 fully saturated rings. The Balaban J connectivity index is 1.37. The first-order valence-electron chi connectivity index (χ1n) is 11.5. The van der Waals surface area contributed by atoms with Crippen molar-refractivity contribution in [3.63, 3.8) is 0 Å². The molecule has 0 radical (unpaired) electrons. The van der Waals surface area contributed by atoms with Gasteiger partial charge in [-0.05, 0) is 61.3 Å². The van der Waals surface area contributed by atoms with Crippen molar-refractivity contribution in [3.05, 3.63) is 53.6 Å². The first-order chi connectivity index (χ1) is 15.8. The zero-order valence-corrected chi connectivity index (χ0v) is 19.1. The standard InChI is InChI=1S/C25H34N4O3/c1-26-25(27-17-19-6-11-23-24(16-19)32-15-5-14-31-23)28-18-22(29-12-3-4-13-29)20-7-9-21(30-2)10-8-20/h6-11,16,22H,3-5,12-15,17-18H2,1-2H3,(H2,26,27,28). The second-order valence-corrected chi connectivity index (χ2v) is 8.17. The Hall–Kier alpha value is -2.93. The molecule has 7 nitrogen and oxygen atoms in total. The Bertz CT molecular complexity index is 895. The molecule has 4 rings (SSSR count). The van der Waals surface area contributed by atoms with E-state index in [4.69, 9.17) is 14.2 Å². The zero-order chi connectivity index (χ0) is 22.2. The van der Waals surface area contributed by atoms with Crippen molar-refractivity contribution >= 4 is 5.96 Å². The predicted octanol–water partition coefficient (Wildman–Crippen LogP) is 3.36. The van der Waals surface area contributed by atoms with Crippen LogP contribution in [0.25, 0.3) is 0 Å². The molecule has 0 amide bonds. The van der Waals surface area contributed by atoms with Crippen molar-refractivity contribution in [1.29, 1.82) is 0 Å². The molecule has 2 aliphatic heterocycles. The van der Waals surface area contributed by atoms with Crippen molar-refractivity contribution in [1.82, 2.24) is 15.5 Å². The molecule has 2 aliphatic rings. The number of rotatable bonds is 7. The van der Waals surface area contributed by atoms with Gasteiger partial charge in [0.1, 0.15) is 5.75 Å². The number of nitrogens with zero attached hydrogens (tertiary/aromatic N) is 2. The van der Waals surface area contributed by atoms with E-state index in [1.165, 1.54) is 18.4 Å². The molecule has 1 atom stereocenters. The van der Waals surface area contributed by atoms with Gasteiger partial charge in [0.2, 0.25) is 0 Å². The van der Waals surface area contributed by atoms with Crippen LogP contribution in [0.5, 0.6) is 17.2 Å². The molecule has 0 aromatic heterocycles. The van der Waals surface area contributed by atoms with Crippen LogP contribution >= 0.6 is 0 Å². The molecule has 2 heterocycles. The smallest absolute Gasteiger partial charge is 0.191 e. The first kappa shape index (κ1) is 22.3. The maximum Gasteiger partial charge on any atom is 0.191 e. The van der Waals surface area contributed by atoms with Crippen LogP contribution in [0, 0.1) is 0 Å². The number of benzene rings is 2. The third kappa shape index (κ3) is 5.65. The van der Waals surface area contributed by atoms with Crippen LogP contribution in [-0.4, -0.2) is 57.9 Å². The number of methoxy groups -OCH3 is 1. The summed E-state index contributed by atoms with van der Waals surface area (Å²) in [6.07, 6.45) is 3.42. The molecule has 172 valence electrons. The summed E-state index contributed by atoms with van der Waals surface area (Å²) >= 11 is 0. The van der Waals surface area contributed by atoms with Crippen LogP contribution in [0.1, 0.15) is 36.4 Å². The van der Waals surface area contributed by atoms with Crippen LogP contribution in [-0.2, 0) is 6.54 Å². The van der Waals surface area contributed by atoms with E-state index in [0.29, 0.717) is 25.8 Å². The number of ether oxygens (including phenoxy) is 3. The highest BCUT2D eigenvalue weighted by Gasteiger charge is 2.23. The number of guanidine groups is 1. The summed E-state index contributed by atoms with van der Waals surface area (Å²) in [7, 11) is 3.51.